The Morgan fingerprint density at radius 2 is 1.76 bits per heavy atom. The second kappa shape index (κ2) is 10.4. The molecule has 168 valence electrons. The van der Waals surface area contributed by atoms with Crippen LogP contribution in [0.25, 0.3) is 11.8 Å². The van der Waals surface area contributed by atoms with Crippen molar-refractivity contribution in [2.24, 2.45) is 0 Å². The molecule has 0 saturated heterocycles. The minimum atomic E-state index is -0.586. The van der Waals surface area contributed by atoms with E-state index in [2.05, 4.69) is 26.3 Å². The van der Waals surface area contributed by atoms with Crippen molar-refractivity contribution in [2.45, 2.75) is 6.92 Å². The van der Waals surface area contributed by atoms with Gasteiger partial charge in [0.15, 0.2) is 0 Å². The van der Waals surface area contributed by atoms with Crippen LogP contribution in [-0.4, -0.2) is 15.7 Å². The Labute approximate surface area is 210 Å². The minimum absolute atomic E-state index is 0.115. The van der Waals surface area contributed by atoms with Gasteiger partial charge in [-0.15, -0.1) is 0 Å². The van der Waals surface area contributed by atoms with E-state index in [1.807, 2.05) is 60.7 Å². The molecule has 1 heterocycles. The molecule has 0 unspecified atom stereocenters. The van der Waals surface area contributed by atoms with Crippen LogP contribution in [0.3, 0.4) is 0 Å². The first-order valence-electron chi connectivity index (χ1n) is 10.2. The normalized spacial score (nSPS) is 11.1. The van der Waals surface area contributed by atoms with Crippen molar-refractivity contribution in [1.82, 2.24) is 9.78 Å². The Morgan fingerprint density at radius 3 is 2.44 bits per heavy atom. The van der Waals surface area contributed by atoms with Crippen molar-refractivity contribution in [2.75, 3.05) is 5.32 Å². The Morgan fingerprint density at radius 1 is 1.09 bits per heavy atom. The summed E-state index contributed by atoms with van der Waals surface area (Å²) in [7, 11) is 0. The van der Waals surface area contributed by atoms with E-state index in [0.717, 1.165) is 10.2 Å². The van der Waals surface area contributed by atoms with Gasteiger partial charge in [-0.2, -0.15) is 15.0 Å². The van der Waals surface area contributed by atoms with E-state index < -0.39 is 5.91 Å². The van der Waals surface area contributed by atoms with Gasteiger partial charge in [0, 0.05) is 4.47 Å². The molecule has 0 bridgehead atoms. The maximum atomic E-state index is 12.9. The third kappa shape index (κ3) is 5.20. The molecule has 6 nitrogen and oxygen atoms in total. The van der Waals surface area contributed by atoms with Crippen LogP contribution >= 0.6 is 27.5 Å². The first-order valence-corrected chi connectivity index (χ1v) is 11.4. The zero-order valence-corrected chi connectivity index (χ0v) is 20.3. The van der Waals surface area contributed by atoms with E-state index in [-0.39, 0.29) is 5.57 Å². The highest BCUT2D eigenvalue weighted by atomic mass is 79.9. The molecule has 1 aromatic heterocycles. The van der Waals surface area contributed by atoms with Gasteiger partial charge in [0.1, 0.15) is 17.4 Å². The molecule has 0 fully saturated rings. The van der Waals surface area contributed by atoms with Crippen molar-refractivity contribution >= 4 is 45.2 Å². The predicted molar refractivity (Wildman–Crippen MR) is 136 cm³/mol. The van der Waals surface area contributed by atoms with Crippen molar-refractivity contribution in [3.05, 3.63) is 105 Å². The number of para-hydroxylation sites is 2. The minimum Gasteiger partial charge on any atom is -0.438 e. The number of carbonyl (C=O) groups excluding carboxylic acids is 1. The summed E-state index contributed by atoms with van der Waals surface area (Å²) in [4.78, 5) is 12.9. The van der Waals surface area contributed by atoms with E-state index in [4.69, 9.17) is 16.3 Å². The van der Waals surface area contributed by atoms with Crippen molar-refractivity contribution in [3.63, 3.8) is 0 Å². The summed E-state index contributed by atoms with van der Waals surface area (Å²) >= 11 is 9.56. The Bertz CT molecular complexity index is 1410. The first kappa shape index (κ1) is 23.3. The zero-order valence-electron chi connectivity index (χ0n) is 18.0. The number of aromatic nitrogens is 2. The molecule has 1 N–H and O–H groups in total. The number of nitriles is 1. The fraction of sp³-hybridized carbons (Fsp3) is 0.0385. The van der Waals surface area contributed by atoms with Crippen LogP contribution in [0.4, 0.5) is 5.69 Å². The first-order chi connectivity index (χ1) is 16.5. The van der Waals surface area contributed by atoms with E-state index in [1.165, 1.54) is 6.08 Å². The average molecular weight is 534 g/mol. The number of benzene rings is 3. The molecule has 0 aliphatic heterocycles. The molecule has 0 spiro atoms. The summed E-state index contributed by atoms with van der Waals surface area (Å²) in [5.41, 5.74) is 2.18. The molecule has 0 aliphatic carbocycles. The van der Waals surface area contributed by atoms with Gasteiger partial charge in [0.25, 0.3) is 5.91 Å². The van der Waals surface area contributed by atoms with Gasteiger partial charge in [0.2, 0.25) is 5.88 Å². The molecule has 8 heteroatoms. The van der Waals surface area contributed by atoms with Gasteiger partial charge < -0.3 is 10.1 Å². The van der Waals surface area contributed by atoms with Crippen LogP contribution in [-0.2, 0) is 4.79 Å². The fourth-order valence-corrected chi connectivity index (χ4v) is 3.63. The number of nitrogens with one attached hydrogen (secondary N) is 1. The summed E-state index contributed by atoms with van der Waals surface area (Å²) in [6.07, 6.45) is 1.47. The lowest BCUT2D eigenvalue weighted by Crippen LogP contribution is -2.13. The van der Waals surface area contributed by atoms with Crippen LogP contribution < -0.4 is 10.1 Å². The van der Waals surface area contributed by atoms with Crippen LogP contribution in [0.2, 0.25) is 5.02 Å². The largest absolute Gasteiger partial charge is 0.438 e. The SMILES string of the molecule is Cc1nn(-c2ccccc2)c(Oc2ccc(Br)cc2)c1/C=C(\C#N)C(=O)Nc1ccccc1Cl. The Hall–Kier alpha value is -3.86. The predicted octanol–water partition coefficient (Wildman–Crippen LogP) is 6.93. The number of aryl methyl sites for hydroxylation is 1. The number of hydrogen-bond donors (Lipinski definition) is 1. The highest BCUT2D eigenvalue weighted by molar-refractivity contribution is 9.10. The fourth-order valence-electron chi connectivity index (χ4n) is 3.19. The monoisotopic (exact) mass is 532 g/mol. The lowest BCUT2D eigenvalue weighted by molar-refractivity contribution is -0.112. The summed E-state index contributed by atoms with van der Waals surface area (Å²) in [5.74, 6) is 0.371. The highest BCUT2D eigenvalue weighted by Gasteiger charge is 2.20. The van der Waals surface area contributed by atoms with Gasteiger partial charge in [0.05, 0.1) is 27.7 Å². The molecule has 0 radical (unpaired) electrons. The number of anilines is 1. The third-order valence-electron chi connectivity index (χ3n) is 4.87. The van der Waals surface area contributed by atoms with Crippen molar-refractivity contribution in [3.8, 4) is 23.4 Å². The third-order valence-corrected chi connectivity index (χ3v) is 5.73. The number of nitrogens with zero attached hydrogens (tertiary/aromatic N) is 3. The number of amides is 1. The summed E-state index contributed by atoms with van der Waals surface area (Å²) < 4.78 is 8.76. The number of ether oxygens (including phenoxy) is 1. The van der Waals surface area contributed by atoms with E-state index in [9.17, 15) is 10.1 Å². The van der Waals surface area contributed by atoms with Crippen molar-refractivity contribution in [1.29, 1.82) is 5.26 Å². The molecule has 3 aromatic carbocycles. The number of rotatable bonds is 6. The quantitative estimate of drug-likeness (QED) is 0.215. The molecule has 4 rings (SSSR count). The lowest BCUT2D eigenvalue weighted by Gasteiger charge is -2.11. The molecule has 1 amide bonds. The number of hydrogen-bond acceptors (Lipinski definition) is 4. The lowest BCUT2D eigenvalue weighted by atomic mass is 10.1. The average Bonchev–Trinajstić information content (AvgIpc) is 3.15. The van der Waals surface area contributed by atoms with E-state index in [1.54, 1.807) is 35.9 Å². The molecular formula is C26H18BrClN4O2. The topological polar surface area (TPSA) is 79.9 Å². The molecule has 0 aliphatic rings. The smallest absolute Gasteiger partial charge is 0.266 e. The maximum absolute atomic E-state index is 12.9. The Kier molecular flexibility index (Phi) is 7.12. The van der Waals surface area contributed by atoms with Gasteiger partial charge >= 0.3 is 0 Å². The maximum Gasteiger partial charge on any atom is 0.266 e. The second-order valence-corrected chi connectivity index (χ2v) is 8.53. The van der Waals surface area contributed by atoms with Crippen LogP contribution in [0.15, 0.2) is 88.9 Å². The summed E-state index contributed by atoms with van der Waals surface area (Å²) in [6.45, 7) is 1.79. The van der Waals surface area contributed by atoms with E-state index in [0.29, 0.717) is 33.6 Å². The van der Waals surface area contributed by atoms with Gasteiger partial charge in [-0.25, -0.2) is 0 Å². The standard InChI is InChI=1S/C26H18BrClN4O2/c1-17-22(15-18(16-29)25(33)30-24-10-6-5-9-23(24)28)26(34-21-13-11-19(27)12-14-21)32(31-17)20-7-3-2-4-8-20/h2-15H,1H3,(H,30,33)/b18-15+. The molecule has 0 saturated carbocycles. The van der Waals surface area contributed by atoms with Crippen LogP contribution in [0, 0.1) is 18.3 Å². The second-order valence-electron chi connectivity index (χ2n) is 7.21. The van der Waals surface area contributed by atoms with Crippen LogP contribution in [0.5, 0.6) is 11.6 Å². The molecule has 4 aromatic rings. The van der Waals surface area contributed by atoms with E-state index >= 15 is 0 Å². The van der Waals surface area contributed by atoms with Gasteiger partial charge in [-0.1, -0.05) is 57.9 Å². The van der Waals surface area contributed by atoms with Crippen LogP contribution in [0.1, 0.15) is 11.3 Å². The van der Waals surface area contributed by atoms with Crippen molar-refractivity contribution < 1.29 is 9.53 Å². The summed E-state index contributed by atoms with van der Waals surface area (Å²) in [5, 5.41) is 17.4. The van der Waals surface area contributed by atoms with Gasteiger partial charge in [-0.05, 0) is 61.5 Å². The van der Waals surface area contributed by atoms with Gasteiger partial charge in [-0.3, -0.25) is 4.79 Å². The number of halogens is 2. The zero-order chi connectivity index (χ0) is 24.1. The molecule has 0 atom stereocenters. The highest BCUT2D eigenvalue weighted by Crippen LogP contribution is 2.33. The summed E-state index contributed by atoms with van der Waals surface area (Å²) in [6, 6.07) is 25.6. The molecule has 34 heavy (non-hydrogen) atoms. The Balaban J connectivity index is 1.78. The number of carbonyl (C=O) groups is 1. The molecular weight excluding hydrogens is 516 g/mol.